The molecule has 0 unspecified atom stereocenters. The average Bonchev–Trinajstić information content (AvgIpc) is 3.29. The van der Waals surface area contributed by atoms with Crippen molar-refractivity contribution in [1.29, 1.82) is 0 Å². The molecule has 0 aliphatic carbocycles. The molecule has 0 saturated carbocycles. The molecule has 0 atom stereocenters. The van der Waals surface area contributed by atoms with Gasteiger partial charge in [-0.3, -0.25) is 4.98 Å². The number of benzene rings is 4. The zero-order valence-corrected chi connectivity index (χ0v) is 21.0. The predicted molar refractivity (Wildman–Crippen MR) is 139 cm³/mol. The Balaban J connectivity index is 0.00000277. The van der Waals surface area contributed by atoms with E-state index in [9.17, 15) is 0 Å². The standard InChI is InChI=1S/C31H18N2O2.Pt/c1-19-9-14-28(32-18-19)21-5-4-6-23(15-21)34-24-13-12-20-10-11-22-16-27-25-7-2-3-8-29(25)35-31(27)33-30(22)26(20)17-24;/h2-14,16,18H,1H3;/q-2;+2/i1D3;. The van der Waals surface area contributed by atoms with E-state index >= 15 is 0 Å². The van der Waals surface area contributed by atoms with Crippen LogP contribution in [0.25, 0.3) is 55.0 Å². The fourth-order valence-corrected chi connectivity index (χ4v) is 4.38. The fraction of sp³-hybridized carbons (Fsp3) is 0.0323. The van der Waals surface area contributed by atoms with Gasteiger partial charge in [-0.2, -0.15) is 0 Å². The van der Waals surface area contributed by atoms with Crippen molar-refractivity contribution in [1.82, 2.24) is 9.97 Å². The van der Waals surface area contributed by atoms with Crippen molar-refractivity contribution in [3.8, 4) is 22.8 Å². The van der Waals surface area contributed by atoms with Crippen LogP contribution in [0.4, 0.5) is 0 Å². The molecule has 7 rings (SSSR count). The van der Waals surface area contributed by atoms with E-state index in [1.165, 1.54) is 6.20 Å². The van der Waals surface area contributed by atoms with E-state index in [1.54, 1.807) is 18.2 Å². The third kappa shape index (κ3) is 3.84. The molecule has 0 amide bonds. The van der Waals surface area contributed by atoms with Gasteiger partial charge in [-0.1, -0.05) is 54.6 Å². The van der Waals surface area contributed by atoms with E-state index in [4.69, 9.17) is 18.3 Å². The first-order valence-corrected chi connectivity index (χ1v) is 11.2. The Bertz CT molecular complexity index is 2000. The summed E-state index contributed by atoms with van der Waals surface area (Å²) in [6.07, 6.45) is 1.37. The van der Waals surface area contributed by atoms with Crippen LogP contribution in [-0.4, -0.2) is 9.97 Å². The molecule has 4 aromatic carbocycles. The second kappa shape index (κ2) is 8.89. The van der Waals surface area contributed by atoms with E-state index in [0.29, 0.717) is 28.5 Å². The number of pyridine rings is 2. The van der Waals surface area contributed by atoms with Crippen LogP contribution in [0.2, 0.25) is 0 Å². The summed E-state index contributed by atoms with van der Waals surface area (Å²) in [6.45, 7) is -2.19. The Morgan fingerprint density at radius 3 is 2.58 bits per heavy atom. The smallest absolute Gasteiger partial charge is 0.497 e. The first-order valence-electron chi connectivity index (χ1n) is 12.7. The van der Waals surface area contributed by atoms with Gasteiger partial charge in [0.15, 0.2) is 0 Å². The van der Waals surface area contributed by atoms with Crippen LogP contribution in [0, 0.1) is 19.0 Å². The number of ether oxygens (including phenoxy) is 1. The SMILES string of the molecule is [2H]C([2H])([2H])c1ccc(-c2[c-]c(Oc3[c-]c4c(cc3)ccc3cc5c(nc34)oc3ccccc35)ccc2)nc1.[Pt+2]. The molecule has 5 heteroatoms. The number of furan rings is 1. The van der Waals surface area contributed by atoms with Crippen molar-refractivity contribution in [2.24, 2.45) is 0 Å². The molecular weight excluding hydrogens is 627 g/mol. The largest absolute Gasteiger partial charge is 2.00 e. The summed E-state index contributed by atoms with van der Waals surface area (Å²) < 4.78 is 34.7. The Morgan fingerprint density at radius 1 is 0.833 bits per heavy atom. The van der Waals surface area contributed by atoms with Gasteiger partial charge in [-0.25, -0.2) is 0 Å². The number of fused-ring (bicyclic) bond motifs is 6. The molecule has 4 nitrogen and oxygen atoms in total. The number of hydrogen-bond donors (Lipinski definition) is 0. The minimum atomic E-state index is -2.19. The second-order valence-corrected chi connectivity index (χ2v) is 8.33. The van der Waals surface area contributed by atoms with E-state index in [2.05, 4.69) is 35.3 Å². The molecule has 0 saturated heterocycles. The number of para-hydroxylation sites is 1. The molecule has 0 radical (unpaired) electrons. The van der Waals surface area contributed by atoms with Crippen LogP contribution < -0.4 is 4.74 Å². The summed E-state index contributed by atoms with van der Waals surface area (Å²) in [6, 6.07) is 33.3. The van der Waals surface area contributed by atoms with Crippen LogP contribution in [0.3, 0.4) is 0 Å². The van der Waals surface area contributed by atoms with Crippen molar-refractivity contribution >= 4 is 43.7 Å². The molecule has 0 fully saturated rings. The third-order valence-electron chi connectivity index (χ3n) is 6.06. The molecular formula is C31H18N2O2Pt. The summed E-state index contributed by atoms with van der Waals surface area (Å²) >= 11 is 0. The molecule has 0 bridgehead atoms. The molecule has 0 N–H and O–H groups in total. The molecule has 3 heterocycles. The van der Waals surface area contributed by atoms with Crippen molar-refractivity contribution in [2.45, 2.75) is 6.85 Å². The van der Waals surface area contributed by atoms with Gasteiger partial charge >= 0.3 is 21.1 Å². The third-order valence-corrected chi connectivity index (χ3v) is 6.06. The van der Waals surface area contributed by atoms with Crippen LogP contribution in [0.1, 0.15) is 9.68 Å². The Labute approximate surface area is 226 Å². The summed E-state index contributed by atoms with van der Waals surface area (Å²) in [5.74, 6) is 1.02. The number of aromatic nitrogens is 2. The maximum atomic E-state index is 7.53. The van der Waals surface area contributed by atoms with Gasteiger partial charge < -0.3 is 14.1 Å². The Hall–Kier alpha value is -4.01. The van der Waals surface area contributed by atoms with Crippen LogP contribution in [0.15, 0.2) is 95.5 Å². The van der Waals surface area contributed by atoms with Gasteiger partial charge in [0.25, 0.3) is 0 Å². The average molecular weight is 649 g/mol. The normalized spacial score (nSPS) is 12.8. The van der Waals surface area contributed by atoms with Gasteiger partial charge in [-0.05, 0) is 41.1 Å². The molecule has 0 spiro atoms. The Morgan fingerprint density at radius 2 is 1.69 bits per heavy atom. The van der Waals surface area contributed by atoms with Crippen molar-refractivity contribution in [3.05, 3.63) is 109 Å². The zero-order chi connectivity index (χ0) is 25.9. The van der Waals surface area contributed by atoms with Gasteiger partial charge in [0.1, 0.15) is 5.58 Å². The quantitative estimate of drug-likeness (QED) is 0.144. The van der Waals surface area contributed by atoms with Crippen molar-refractivity contribution in [2.75, 3.05) is 0 Å². The summed E-state index contributed by atoms with van der Waals surface area (Å²) in [5.41, 5.74) is 3.68. The zero-order valence-electron chi connectivity index (χ0n) is 21.7. The molecule has 3 aromatic heterocycles. The van der Waals surface area contributed by atoms with Crippen molar-refractivity contribution < 1.29 is 34.3 Å². The minimum Gasteiger partial charge on any atom is -0.497 e. The summed E-state index contributed by atoms with van der Waals surface area (Å²) in [7, 11) is 0. The minimum absolute atomic E-state index is 0. The number of rotatable bonds is 3. The van der Waals surface area contributed by atoms with E-state index in [0.717, 1.165) is 38.0 Å². The van der Waals surface area contributed by atoms with Gasteiger partial charge in [0, 0.05) is 32.6 Å². The Kier molecular flexibility index (Phi) is 4.74. The van der Waals surface area contributed by atoms with Gasteiger partial charge in [0.2, 0.25) is 5.71 Å². The fourth-order valence-electron chi connectivity index (χ4n) is 4.38. The molecule has 7 aromatic rings. The second-order valence-electron chi connectivity index (χ2n) is 8.33. The number of aryl methyl sites for hydroxylation is 1. The molecule has 0 aliphatic heterocycles. The van der Waals surface area contributed by atoms with Crippen LogP contribution in [0.5, 0.6) is 11.5 Å². The van der Waals surface area contributed by atoms with E-state index in [-0.39, 0.29) is 26.6 Å². The molecule has 36 heavy (non-hydrogen) atoms. The van der Waals surface area contributed by atoms with Crippen LogP contribution >= 0.6 is 0 Å². The first kappa shape index (κ1) is 19.2. The summed E-state index contributed by atoms with van der Waals surface area (Å²) in [4.78, 5) is 9.17. The molecule has 0 aliphatic rings. The van der Waals surface area contributed by atoms with Gasteiger partial charge in [-0.15, -0.1) is 46.7 Å². The molecule has 174 valence electrons. The first-order chi connectivity index (χ1) is 18.4. The van der Waals surface area contributed by atoms with E-state index in [1.807, 2.05) is 48.5 Å². The maximum Gasteiger partial charge on any atom is 2.00 e. The van der Waals surface area contributed by atoms with E-state index < -0.39 is 6.85 Å². The monoisotopic (exact) mass is 648 g/mol. The topological polar surface area (TPSA) is 48.2 Å². The number of nitrogens with zero attached hydrogens (tertiary/aromatic N) is 2. The maximum absolute atomic E-state index is 7.53. The van der Waals surface area contributed by atoms with Crippen LogP contribution in [-0.2, 0) is 21.1 Å². The predicted octanol–water partition coefficient (Wildman–Crippen LogP) is 8.05. The number of hydrogen-bond acceptors (Lipinski definition) is 4. The van der Waals surface area contributed by atoms with Crippen molar-refractivity contribution in [3.63, 3.8) is 0 Å². The summed E-state index contributed by atoms with van der Waals surface area (Å²) in [5, 5.41) is 4.83. The van der Waals surface area contributed by atoms with Gasteiger partial charge in [0.05, 0.1) is 0 Å².